The molecule has 0 aromatic carbocycles. The van der Waals surface area contributed by atoms with E-state index in [-0.39, 0.29) is 30.0 Å². The smallest absolute Gasteiger partial charge is 0.317 e. The minimum absolute atomic E-state index is 0.0195. The lowest BCUT2D eigenvalue weighted by Gasteiger charge is -2.22. The van der Waals surface area contributed by atoms with Gasteiger partial charge in [0.05, 0.1) is 12.0 Å². The standard InChI is InChI=1S/C14H22N2O4/c17-12-4-2-9-6-16(7-11(9)12)14(20)15-10-3-1-8(5-10)13(18)19/h8-12,17H,1-7H2,(H,15,20)(H,18,19). The summed E-state index contributed by atoms with van der Waals surface area (Å²) in [6, 6.07) is -0.114. The molecule has 3 rings (SSSR count). The number of hydrogen-bond acceptors (Lipinski definition) is 3. The fourth-order valence-corrected chi connectivity index (χ4v) is 4.01. The maximum atomic E-state index is 12.2. The summed E-state index contributed by atoms with van der Waals surface area (Å²) in [4.78, 5) is 24.9. The first-order valence-corrected chi connectivity index (χ1v) is 7.51. The van der Waals surface area contributed by atoms with Crippen LogP contribution in [0.3, 0.4) is 0 Å². The van der Waals surface area contributed by atoms with Crippen molar-refractivity contribution in [2.45, 2.75) is 44.2 Å². The SMILES string of the molecule is O=C(O)C1CCC(NC(=O)N2CC3CCC(O)C3C2)C1. The monoisotopic (exact) mass is 282 g/mol. The molecule has 0 aromatic rings. The van der Waals surface area contributed by atoms with Gasteiger partial charge in [-0.1, -0.05) is 0 Å². The highest BCUT2D eigenvalue weighted by Crippen LogP contribution is 2.38. The number of carbonyl (C=O) groups is 2. The third-order valence-electron chi connectivity index (χ3n) is 5.22. The second kappa shape index (κ2) is 5.24. The predicted molar refractivity (Wildman–Crippen MR) is 71.1 cm³/mol. The van der Waals surface area contributed by atoms with E-state index in [1.54, 1.807) is 4.90 Å². The second-order valence-corrected chi connectivity index (χ2v) is 6.47. The summed E-state index contributed by atoms with van der Waals surface area (Å²) in [6.45, 7) is 1.36. The lowest BCUT2D eigenvalue weighted by atomic mass is 10.00. The summed E-state index contributed by atoms with van der Waals surface area (Å²) in [7, 11) is 0. The summed E-state index contributed by atoms with van der Waals surface area (Å²) >= 11 is 0. The molecule has 5 unspecified atom stereocenters. The molecule has 1 aliphatic heterocycles. The number of hydrogen-bond donors (Lipinski definition) is 3. The molecule has 0 radical (unpaired) electrons. The number of carboxylic acid groups (broad SMARTS) is 1. The van der Waals surface area contributed by atoms with Crippen molar-refractivity contribution in [2.75, 3.05) is 13.1 Å². The Morgan fingerprint density at radius 1 is 1.10 bits per heavy atom. The van der Waals surface area contributed by atoms with E-state index in [2.05, 4.69) is 5.32 Å². The number of aliphatic hydroxyl groups is 1. The first-order valence-electron chi connectivity index (χ1n) is 7.51. The van der Waals surface area contributed by atoms with Gasteiger partial charge in [0.15, 0.2) is 0 Å². The molecular weight excluding hydrogens is 260 g/mol. The van der Waals surface area contributed by atoms with Crippen LogP contribution < -0.4 is 5.32 Å². The molecule has 3 aliphatic rings. The number of nitrogens with zero attached hydrogens (tertiary/aromatic N) is 1. The minimum atomic E-state index is -0.763. The fourth-order valence-electron chi connectivity index (χ4n) is 4.01. The zero-order valence-electron chi connectivity index (χ0n) is 11.5. The number of fused-ring (bicyclic) bond motifs is 1. The van der Waals surface area contributed by atoms with Gasteiger partial charge in [-0.15, -0.1) is 0 Å². The minimum Gasteiger partial charge on any atom is -0.481 e. The summed E-state index contributed by atoms with van der Waals surface area (Å²) in [5.74, 6) is -0.414. The molecule has 3 N–H and O–H groups in total. The van der Waals surface area contributed by atoms with E-state index in [0.29, 0.717) is 25.3 Å². The van der Waals surface area contributed by atoms with E-state index in [4.69, 9.17) is 5.11 Å². The van der Waals surface area contributed by atoms with E-state index in [0.717, 1.165) is 25.8 Å². The number of aliphatic hydroxyl groups excluding tert-OH is 1. The summed E-state index contributed by atoms with van der Waals surface area (Å²) in [6.07, 6.45) is 3.51. The Morgan fingerprint density at radius 2 is 1.90 bits per heavy atom. The molecular formula is C14H22N2O4. The number of carboxylic acids is 1. The van der Waals surface area contributed by atoms with Crippen molar-refractivity contribution >= 4 is 12.0 Å². The maximum Gasteiger partial charge on any atom is 0.317 e. The molecule has 2 saturated carbocycles. The van der Waals surface area contributed by atoms with Gasteiger partial charge in [0, 0.05) is 25.0 Å². The Morgan fingerprint density at radius 3 is 2.55 bits per heavy atom. The number of carbonyl (C=O) groups excluding carboxylic acids is 1. The fraction of sp³-hybridized carbons (Fsp3) is 0.857. The highest BCUT2D eigenvalue weighted by Gasteiger charge is 2.43. The van der Waals surface area contributed by atoms with E-state index in [1.165, 1.54) is 0 Å². The molecule has 6 heteroatoms. The number of rotatable bonds is 2. The van der Waals surface area contributed by atoms with Crippen molar-refractivity contribution in [2.24, 2.45) is 17.8 Å². The van der Waals surface area contributed by atoms with Crippen LogP contribution in [0.1, 0.15) is 32.1 Å². The number of amides is 2. The molecule has 112 valence electrons. The van der Waals surface area contributed by atoms with Gasteiger partial charge >= 0.3 is 12.0 Å². The van der Waals surface area contributed by atoms with Crippen molar-refractivity contribution in [3.63, 3.8) is 0 Å². The van der Waals surface area contributed by atoms with E-state index >= 15 is 0 Å². The van der Waals surface area contributed by atoms with Crippen LogP contribution in [0.5, 0.6) is 0 Å². The molecule has 6 nitrogen and oxygen atoms in total. The van der Waals surface area contributed by atoms with E-state index < -0.39 is 5.97 Å². The normalized spacial score (nSPS) is 39.9. The molecule has 0 spiro atoms. The maximum absolute atomic E-state index is 12.2. The topological polar surface area (TPSA) is 89.9 Å². The second-order valence-electron chi connectivity index (χ2n) is 6.47. The van der Waals surface area contributed by atoms with Gasteiger partial charge in [0.25, 0.3) is 0 Å². The Labute approximate surface area is 118 Å². The number of urea groups is 1. The van der Waals surface area contributed by atoms with Gasteiger partial charge in [-0.05, 0) is 38.0 Å². The third-order valence-corrected chi connectivity index (χ3v) is 5.22. The molecule has 20 heavy (non-hydrogen) atoms. The van der Waals surface area contributed by atoms with Crippen molar-refractivity contribution in [3.8, 4) is 0 Å². The van der Waals surface area contributed by atoms with Gasteiger partial charge in [0.1, 0.15) is 0 Å². The Hall–Kier alpha value is -1.30. The van der Waals surface area contributed by atoms with Crippen LogP contribution in [0.25, 0.3) is 0 Å². The van der Waals surface area contributed by atoms with Gasteiger partial charge < -0.3 is 20.4 Å². The summed E-state index contributed by atoms with van der Waals surface area (Å²) in [5, 5.41) is 21.8. The summed E-state index contributed by atoms with van der Waals surface area (Å²) < 4.78 is 0. The molecule has 0 bridgehead atoms. The molecule has 1 saturated heterocycles. The number of likely N-dealkylation sites (tertiary alicyclic amines) is 1. The molecule has 0 aromatic heterocycles. The first kappa shape index (κ1) is 13.7. The lowest BCUT2D eigenvalue weighted by Crippen LogP contribution is -2.43. The first-order chi connectivity index (χ1) is 9.54. The summed E-state index contributed by atoms with van der Waals surface area (Å²) in [5.41, 5.74) is 0. The van der Waals surface area contributed by atoms with Crippen molar-refractivity contribution in [1.29, 1.82) is 0 Å². The molecule has 2 aliphatic carbocycles. The van der Waals surface area contributed by atoms with Crippen LogP contribution in [0.15, 0.2) is 0 Å². The molecule has 3 fully saturated rings. The van der Waals surface area contributed by atoms with Crippen LogP contribution in [0.2, 0.25) is 0 Å². The van der Waals surface area contributed by atoms with Crippen LogP contribution in [0, 0.1) is 17.8 Å². The van der Waals surface area contributed by atoms with Gasteiger partial charge in [-0.25, -0.2) is 4.79 Å². The largest absolute Gasteiger partial charge is 0.481 e. The quantitative estimate of drug-likeness (QED) is 0.694. The van der Waals surface area contributed by atoms with Crippen molar-refractivity contribution < 1.29 is 19.8 Å². The lowest BCUT2D eigenvalue weighted by molar-refractivity contribution is -0.141. The Balaban J connectivity index is 1.50. The van der Waals surface area contributed by atoms with Gasteiger partial charge in [-0.2, -0.15) is 0 Å². The van der Waals surface area contributed by atoms with Crippen LogP contribution in [-0.2, 0) is 4.79 Å². The predicted octanol–water partition coefficient (Wildman–Crippen LogP) is 0.652. The zero-order chi connectivity index (χ0) is 14.3. The van der Waals surface area contributed by atoms with Crippen molar-refractivity contribution in [1.82, 2.24) is 10.2 Å². The van der Waals surface area contributed by atoms with Crippen LogP contribution in [0.4, 0.5) is 4.79 Å². The zero-order valence-corrected chi connectivity index (χ0v) is 11.5. The molecule has 2 amide bonds. The number of aliphatic carboxylic acids is 1. The highest BCUT2D eigenvalue weighted by atomic mass is 16.4. The van der Waals surface area contributed by atoms with Crippen molar-refractivity contribution in [3.05, 3.63) is 0 Å². The third kappa shape index (κ3) is 2.49. The van der Waals surface area contributed by atoms with Gasteiger partial charge in [-0.3, -0.25) is 4.79 Å². The Bertz CT molecular complexity index is 414. The van der Waals surface area contributed by atoms with Gasteiger partial charge in [0.2, 0.25) is 0 Å². The average molecular weight is 282 g/mol. The molecule has 5 atom stereocenters. The van der Waals surface area contributed by atoms with Crippen LogP contribution >= 0.6 is 0 Å². The van der Waals surface area contributed by atoms with Crippen LogP contribution in [-0.4, -0.2) is 52.3 Å². The van der Waals surface area contributed by atoms with E-state index in [1.807, 2.05) is 0 Å². The highest BCUT2D eigenvalue weighted by molar-refractivity contribution is 5.75. The van der Waals surface area contributed by atoms with E-state index in [9.17, 15) is 14.7 Å². The Kier molecular flexibility index (Phi) is 3.58. The average Bonchev–Trinajstić information content (AvgIpc) is 3.07. The molecule has 1 heterocycles. The number of nitrogens with one attached hydrogen (secondary N) is 1.